The average molecular weight is 651 g/mol. The van der Waals surface area contributed by atoms with Crippen molar-refractivity contribution in [3.63, 3.8) is 0 Å². The Morgan fingerprint density at radius 1 is 1.00 bits per heavy atom. The lowest BCUT2D eigenvalue weighted by molar-refractivity contribution is -0.141. The molecule has 0 unspecified atom stereocenters. The number of hydrogen-bond donors (Lipinski definition) is 1. The van der Waals surface area contributed by atoms with Crippen LogP contribution in [0.4, 0.5) is 18.9 Å². The van der Waals surface area contributed by atoms with E-state index in [4.69, 9.17) is 34.8 Å². The van der Waals surface area contributed by atoms with Crippen molar-refractivity contribution >= 4 is 63.0 Å². The molecule has 7 nitrogen and oxygen atoms in total. The van der Waals surface area contributed by atoms with Gasteiger partial charge in [0.05, 0.1) is 21.3 Å². The molecule has 2 amide bonds. The van der Waals surface area contributed by atoms with Gasteiger partial charge >= 0.3 is 6.18 Å². The van der Waals surface area contributed by atoms with Crippen molar-refractivity contribution in [1.82, 2.24) is 14.8 Å². The molecule has 1 aromatic carbocycles. The number of rotatable bonds is 12. The SMILES string of the molecule is CCCCCS(CCCCC)=NC(=O)c1cc(Cl)cc(Cl)c1NC(=O)c1cc(C(F)(F)F)nn1-c1ncccc1Cl. The predicted molar refractivity (Wildman–Crippen MR) is 159 cm³/mol. The summed E-state index contributed by atoms with van der Waals surface area (Å²) in [7, 11) is -0.552. The molecule has 0 aliphatic rings. The molecule has 0 saturated carbocycles. The van der Waals surface area contributed by atoms with E-state index in [0.29, 0.717) is 10.7 Å². The quantitative estimate of drug-likeness (QED) is 0.198. The summed E-state index contributed by atoms with van der Waals surface area (Å²) in [5.74, 6) is -0.338. The first-order chi connectivity index (χ1) is 19.5. The normalized spacial score (nSPS) is 11.6. The molecule has 0 atom stereocenters. The Labute approximate surface area is 253 Å². The molecule has 3 aromatic rings. The summed E-state index contributed by atoms with van der Waals surface area (Å²) in [5, 5.41) is 6.01. The van der Waals surface area contributed by atoms with Gasteiger partial charge in [0.25, 0.3) is 11.8 Å². The van der Waals surface area contributed by atoms with Crippen molar-refractivity contribution in [1.29, 1.82) is 0 Å². The van der Waals surface area contributed by atoms with Gasteiger partial charge in [-0.05, 0) is 37.1 Å². The molecule has 0 aliphatic carbocycles. The van der Waals surface area contributed by atoms with Gasteiger partial charge in [-0.15, -0.1) is 0 Å². The number of nitrogens with zero attached hydrogens (tertiary/aromatic N) is 4. The van der Waals surface area contributed by atoms with E-state index >= 15 is 0 Å². The van der Waals surface area contributed by atoms with Crippen LogP contribution >= 0.6 is 34.8 Å². The van der Waals surface area contributed by atoms with Crippen LogP contribution in [-0.2, 0) is 16.9 Å². The number of aromatic nitrogens is 3. The summed E-state index contributed by atoms with van der Waals surface area (Å²) in [6, 6.07) is 6.07. The van der Waals surface area contributed by atoms with Crippen molar-refractivity contribution in [3.05, 3.63) is 68.5 Å². The third-order valence-corrected chi connectivity index (χ3v) is 8.63. The molecule has 14 heteroatoms. The molecule has 0 spiro atoms. The second-order valence-corrected chi connectivity index (χ2v) is 12.3. The minimum atomic E-state index is -4.86. The van der Waals surface area contributed by atoms with Crippen molar-refractivity contribution in [2.45, 2.75) is 58.5 Å². The summed E-state index contributed by atoms with van der Waals surface area (Å²) in [6.07, 6.45) is 2.36. The lowest BCUT2D eigenvalue weighted by Gasteiger charge is -2.14. The smallest absolute Gasteiger partial charge is 0.319 e. The number of unbranched alkanes of at least 4 members (excludes halogenated alkanes) is 4. The number of hydrogen-bond acceptors (Lipinski definition) is 4. The first-order valence-electron chi connectivity index (χ1n) is 13.0. The highest BCUT2D eigenvalue weighted by molar-refractivity contribution is 7.87. The van der Waals surface area contributed by atoms with Crippen molar-refractivity contribution in [2.24, 2.45) is 4.36 Å². The molecular weight excluding hydrogens is 622 g/mol. The molecule has 222 valence electrons. The maximum atomic E-state index is 13.6. The van der Waals surface area contributed by atoms with E-state index in [1.165, 1.54) is 30.5 Å². The Bertz CT molecular complexity index is 1420. The fraction of sp³-hybridized carbons (Fsp3) is 0.407. The summed E-state index contributed by atoms with van der Waals surface area (Å²) in [5.41, 5.74) is -2.06. The van der Waals surface area contributed by atoms with Gasteiger partial charge in [-0.1, -0.05) is 85.0 Å². The van der Waals surface area contributed by atoms with Crippen LogP contribution in [0.15, 0.2) is 40.9 Å². The Hall–Kier alpha value is -2.47. The highest BCUT2D eigenvalue weighted by Crippen LogP contribution is 2.34. The van der Waals surface area contributed by atoms with Gasteiger partial charge in [0, 0.05) is 28.8 Å². The van der Waals surface area contributed by atoms with Crippen molar-refractivity contribution in [2.75, 3.05) is 16.8 Å². The van der Waals surface area contributed by atoms with Crippen LogP contribution < -0.4 is 5.32 Å². The molecule has 0 fully saturated rings. The predicted octanol–water partition coefficient (Wildman–Crippen LogP) is 8.82. The number of carbonyl (C=O) groups excluding carboxylic acids is 2. The minimum absolute atomic E-state index is 0.0317. The zero-order chi connectivity index (χ0) is 30.2. The number of alkyl halides is 3. The highest BCUT2D eigenvalue weighted by Gasteiger charge is 2.37. The van der Waals surface area contributed by atoms with Gasteiger partial charge in [-0.25, -0.2) is 9.67 Å². The van der Waals surface area contributed by atoms with Gasteiger partial charge in [0.2, 0.25) is 0 Å². The molecule has 41 heavy (non-hydrogen) atoms. The molecule has 2 aromatic heterocycles. The van der Waals surface area contributed by atoms with Gasteiger partial charge in [-0.2, -0.15) is 22.6 Å². The van der Waals surface area contributed by atoms with E-state index < -0.39 is 40.1 Å². The fourth-order valence-corrected chi connectivity index (χ4v) is 6.36. The van der Waals surface area contributed by atoms with Crippen LogP contribution in [0.1, 0.15) is 78.9 Å². The van der Waals surface area contributed by atoms with Crippen LogP contribution in [0.3, 0.4) is 0 Å². The molecule has 0 radical (unpaired) electrons. The second-order valence-electron chi connectivity index (χ2n) is 9.08. The van der Waals surface area contributed by atoms with Crippen molar-refractivity contribution in [3.8, 4) is 5.82 Å². The van der Waals surface area contributed by atoms with Gasteiger partial charge in [0.15, 0.2) is 11.5 Å². The molecule has 3 rings (SSSR count). The number of halogens is 6. The summed E-state index contributed by atoms with van der Waals surface area (Å²) in [4.78, 5) is 30.8. The maximum absolute atomic E-state index is 13.6. The second kappa shape index (κ2) is 15.1. The third kappa shape index (κ3) is 9.01. The average Bonchev–Trinajstić information content (AvgIpc) is 3.36. The largest absolute Gasteiger partial charge is 0.435 e. The number of amides is 2. The Morgan fingerprint density at radius 3 is 2.24 bits per heavy atom. The molecule has 0 saturated heterocycles. The summed E-state index contributed by atoms with van der Waals surface area (Å²) in [6.45, 7) is 4.18. The van der Waals surface area contributed by atoms with Crippen molar-refractivity contribution < 1.29 is 22.8 Å². The van der Waals surface area contributed by atoms with E-state index in [1.54, 1.807) is 0 Å². The standard InChI is InChI=1S/C27H29Cl3F3N5O2S/c1-3-5-7-12-41(13-8-6-4-2)37-25(39)18-14-17(28)15-20(30)23(18)35-26(40)21-16-22(27(31,32)33)36-38(21)24-19(29)10-9-11-34-24/h9-11,14-16H,3-8,12-13H2,1-2H3,(H,35,40). The van der Waals surface area contributed by atoms with E-state index in [0.717, 1.165) is 50.0 Å². The minimum Gasteiger partial charge on any atom is -0.319 e. The molecule has 0 bridgehead atoms. The zero-order valence-corrected chi connectivity index (χ0v) is 25.5. The van der Waals surface area contributed by atoms with Gasteiger partial charge in [0.1, 0.15) is 5.69 Å². The first kappa shape index (κ1) is 33.0. The zero-order valence-electron chi connectivity index (χ0n) is 22.4. The first-order valence-corrected chi connectivity index (χ1v) is 15.6. The van der Waals surface area contributed by atoms with E-state index in [2.05, 4.69) is 33.6 Å². The third-order valence-electron chi connectivity index (χ3n) is 5.88. The molecule has 1 N–H and O–H groups in total. The number of pyridine rings is 1. The molecule has 0 aliphatic heterocycles. The monoisotopic (exact) mass is 649 g/mol. The van der Waals surface area contributed by atoms with Crippen LogP contribution in [-0.4, -0.2) is 38.1 Å². The molecule has 2 heterocycles. The summed E-state index contributed by atoms with van der Waals surface area (Å²) >= 11 is 18.7. The number of carbonyl (C=O) groups is 2. The number of benzene rings is 1. The van der Waals surface area contributed by atoms with Crippen LogP contribution in [0, 0.1) is 0 Å². The Morgan fingerprint density at radius 2 is 1.66 bits per heavy atom. The van der Waals surface area contributed by atoms with E-state index in [1.807, 2.05) is 0 Å². The van der Waals surface area contributed by atoms with E-state index in [-0.39, 0.29) is 32.1 Å². The number of nitrogens with one attached hydrogen (secondary N) is 1. The Balaban J connectivity index is 2.03. The fourth-order valence-electron chi connectivity index (χ4n) is 3.82. The van der Waals surface area contributed by atoms with Crippen LogP contribution in [0.2, 0.25) is 15.1 Å². The van der Waals surface area contributed by atoms with Gasteiger partial charge < -0.3 is 5.32 Å². The number of anilines is 1. The highest BCUT2D eigenvalue weighted by atomic mass is 35.5. The van der Waals surface area contributed by atoms with Crippen LogP contribution in [0.5, 0.6) is 0 Å². The Kier molecular flexibility index (Phi) is 12.2. The molecular formula is C27H29Cl3F3N5O2S. The van der Waals surface area contributed by atoms with E-state index in [9.17, 15) is 22.8 Å². The van der Waals surface area contributed by atoms with Gasteiger partial charge in [-0.3, -0.25) is 9.59 Å². The summed E-state index contributed by atoms with van der Waals surface area (Å²) < 4.78 is 45.8. The maximum Gasteiger partial charge on any atom is 0.435 e. The van der Waals surface area contributed by atoms with Crippen LogP contribution in [0.25, 0.3) is 5.82 Å². The topological polar surface area (TPSA) is 89.2 Å². The lowest BCUT2D eigenvalue weighted by Crippen LogP contribution is -2.19. The lowest BCUT2D eigenvalue weighted by atomic mass is 10.1.